The molecule has 0 bridgehead atoms. The Balaban J connectivity index is 1.24. The Morgan fingerprint density at radius 3 is 2.35 bits per heavy atom. The summed E-state index contributed by atoms with van der Waals surface area (Å²) in [6.45, 7) is 5.62. The van der Waals surface area contributed by atoms with E-state index >= 15 is 0 Å². The third-order valence-corrected chi connectivity index (χ3v) is 6.58. The van der Waals surface area contributed by atoms with Crippen molar-refractivity contribution in [2.24, 2.45) is 0 Å². The quantitative estimate of drug-likeness (QED) is 0.325. The third-order valence-electron chi connectivity index (χ3n) is 6.58. The predicted octanol–water partition coefficient (Wildman–Crippen LogP) is 5.68. The van der Waals surface area contributed by atoms with E-state index in [4.69, 9.17) is 0 Å². The van der Waals surface area contributed by atoms with Gasteiger partial charge >= 0.3 is 6.18 Å². The third kappa shape index (κ3) is 6.06. The number of fused-ring (bicyclic) bond motifs is 1. The Kier molecular flexibility index (Phi) is 7.34. The molecule has 5 nitrogen and oxygen atoms in total. The lowest BCUT2D eigenvalue weighted by Crippen LogP contribution is -2.47. The molecule has 1 N–H and O–H groups in total. The van der Waals surface area contributed by atoms with Gasteiger partial charge in [0, 0.05) is 63.0 Å². The molecule has 3 heterocycles. The molecule has 0 spiro atoms. The second-order valence-corrected chi connectivity index (χ2v) is 9.15. The van der Waals surface area contributed by atoms with Crippen LogP contribution in [0.2, 0.25) is 0 Å². The van der Waals surface area contributed by atoms with Crippen LogP contribution in [0, 0.1) is 5.82 Å². The molecular weight excluding hydrogens is 482 g/mol. The number of nitrogens with zero attached hydrogens (tertiary/aromatic N) is 4. The fraction of sp³-hybridized carbons (Fsp3) is 0.286. The van der Waals surface area contributed by atoms with Gasteiger partial charge in [-0.2, -0.15) is 13.2 Å². The van der Waals surface area contributed by atoms with Gasteiger partial charge in [0.15, 0.2) is 0 Å². The van der Waals surface area contributed by atoms with E-state index in [9.17, 15) is 17.6 Å². The highest BCUT2D eigenvalue weighted by Crippen LogP contribution is 2.34. The first-order valence-electron chi connectivity index (χ1n) is 12.2. The van der Waals surface area contributed by atoms with E-state index in [1.54, 1.807) is 18.3 Å². The Morgan fingerprint density at radius 2 is 1.62 bits per heavy atom. The number of pyridine rings is 2. The second kappa shape index (κ2) is 10.8. The molecule has 0 saturated carbocycles. The standard InChI is InChI=1S/C28H27F4N5/c29-22-8-4-5-20(17-22)19-37-15-13-36(14-16-37)12-11-33-27-23-9-10-25(28(30,31)32)35-26(23)24(18-34-27)21-6-2-1-3-7-21/h1-10,17-18H,11-16,19H2,(H,33,34). The van der Waals surface area contributed by atoms with Crippen LogP contribution in [0.4, 0.5) is 23.4 Å². The molecule has 1 fully saturated rings. The Hall–Kier alpha value is -3.56. The fourth-order valence-electron chi connectivity index (χ4n) is 4.64. The highest BCUT2D eigenvalue weighted by Gasteiger charge is 2.33. The number of nitrogens with one attached hydrogen (secondary N) is 1. The van der Waals surface area contributed by atoms with Crippen molar-refractivity contribution in [3.8, 4) is 11.1 Å². The summed E-state index contributed by atoms with van der Waals surface area (Å²) in [4.78, 5) is 13.2. The second-order valence-electron chi connectivity index (χ2n) is 9.15. The van der Waals surface area contributed by atoms with Crippen LogP contribution in [-0.4, -0.2) is 59.0 Å². The van der Waals surface area contributed by atoms with E-state index < -0.39 is 11.9 Å². The van der Waals surface area contributed by atoms with Crippen molar-refractivity contribution in [2.45, 2.75) is 12.7 Å². The number of aromatic nitrogens is 2. The van der Waals surface area contributed by atoms with Crippen LogP contribution in [0.1, 0.15) is 11.3 Å². The van der Waals surface area contributed by atoms with Crippen molar-refractivity contribution in [1.82, 2.24) is 19.8 Å². The maximum atomic E-state index is 13.4. The van der Waals surface area contributed by atoms with Gasteiger partial charge in [0.1, 0.15) is 17.3 Å². The highest BCUT2D eigenvalue weighted by atomic mass is 19.4. The number of hydrogen-bond donors (Lipinski definition) is 1. The predicted molar refractivity (Wildman–Crippen MR) is 137 cm³/mol. The molecule has 1 aliphatic heterocycles. The molecule has 0 amide bonds. The lowest BCUT2D eigenvalue weighted by molar-refractivity contribution is -0.140. The minimum Gasteiger partial charge on any atom is -0.368 e. The molecule has 2 aromatic heterocycles. The molecule has 1 aliphatic rings. The van der Waals surface area contributed by atoms with E-state index in [0.29, 0.717) is 23.3 Å². The molecule has 37 heavy (non-hydrogen) atoms. The average Bonchev–Trinajstić information content (AvgIpc) is 2.89. The topological polar surface area (TPSA) is 44.3 Å². The smallest absolute Gasteiger partial charge is 0.368 e. The zero-order chi connectivity index (χ0) is 25.8. The minimum atomic E-state index is -4.53. The summed E-state index contributed by atoms with van der Waals surface area (Å²) in [7, 11) is 0. The van der Waals surface area contributed by atoms with Gasteiger partial charge in [0.2, 0.25) is 0 Å². The zero-order valence-corrected chi connectivity index (χ0v) is 20.2. The van der Waals surface area contributed by atoms with E-state index in [2.05, 4.69) is 25.1 Å². The van der Waals surface area contributed by atoms with Crippen molar-refractivity contribution >= 4 is 16.7 Å². The Morgan fingerprint density at radius 1 is 0.865 bits per heavy atom. The number of piperazine rings is 1. The maximum Gasteiger partial charge on any atom is 0.433 e. The summed E-state index contributed by atoms with van der Waals surface area (Å²) in [6.07, 6.45) is -2.95. The summed E-state index contributed by atoms with van der Waals surface area (Å²) in [5.74, 6) is 0.297. The van der Waals surface area contributed by atoms with Crippen molar-refractivity contribution in [2.75, 3.05) is 44.6 Å². The molecule has 0 atom stereocenters. The van der Waals surface area contributed by atoms with E-state index in [0.717, 1.165) is 56.5 Å². The minimum absolute atomic E-state index is 0.218. The first-order valence-corrected chi connectivity index (χ1v) is 12.2. The van der Waals surface area contributed by atoms with Gasteiger partial charge in [-0.15, -0.1) is 0 Å². The Bertz CT molecular complexity index is 1350. The number of halogens is 4. The monoisotopic (exact) mass is 509 g/mol. The summed E-state index contributed by atoms with van der Waals surface area (Å²) in [5, 5.41) is 3.85. The van der Waals surface area contributed by atoms with E-state index in [-0.39, 0.29) is 11.3 Å². The first kappa shape index (κ1) is 25.1. The SMILES string of the molecule is Fc1cccc(CN2CCN(CCNc3ncc(-c4ccccc4)c4nc(C(F)(F)F)ccc34)CC2)c1. The van der Waals surface area contributed by atoms with E-state index in [1.165, 1.54) is 12.1 Å². The fourth-order valence-corrected chi connectivity index (χ4v) is 4.64. The number of anilines is 1. The van der Waals surface area contributed by atoms with Gasteiger partial charge in [-0.25, -0.2) is 14.4 Å². The van der Waals surface area contributed by atoms with Gasteiger partial charge in [-0.05, 0) is 35.4 Å². The molecule has 5 rings (SSSR count). The largest absolute Gasteiger partial charge is 0.433 e. The number of rotatable bonds is 7. The normalized spacial score (nSPS) is 15.2. The lowest BCUT2D eigenvalue weighted by Gasteiger charge is -2.34. The molecule has 0 aliphatic carbocycles. The van der Waals surface area contributed by atoms with Crippen molar-refractivity contribution < 1.29 is 17.6 Å². The number of alkyl halides is 3. The summed E-state index contributed by atoms with van der Waals surface area (Å²) >= 11 is 0. The van der Waals surface area contributed by atoms with Gasteiger partial charge < -0.3 is 5.32 Å². The van der Waals surface area contributed by atoms with Crippen molar-refractivity contribution in [1.29, 1.82) is 0 Å². The molecule has 0 unspecified atom stereocenters. The van der Waals surface area contributed by atoms with Gasteiger partial charge in [-0.3, -0.25) is 9.80 Å². The average molecular weight is 510 g/mol. The molecule has 1 saturated heterocycles. The highest BCUT2D eigenvalue weighted by molar-refractivity contribution is 5.99. The zero-order valence-electron chi connectivity index (χ0n) is 20.2. The van der Waals surface area contributed by atoms with Gasteiger partial charge in [-0.1, -0.05) is 42.5 Å². The first-order chi connectivity index (χ1) is 17.9. The van der Waals surface area contributed by atoms with E-state index in [1.807, 2.05) is 36.4 Å². The molecule has 4 aromatic rings. The van der Waals surface area contributed by atoms with Crippen LogP contribution in [0.25, 0.3) is 22.0 Å². The van der Waals surface area contributed by atoms with Crippen LogP contribution in [-0.2, 0) is 12.7 Å². The lowest BCUT2D eigenvalue weighted by atomic mass is 10.0. The Labute approximate surface area is 212 Å². The molecule has 192 valence electrons. The number of hydrogen-bond acceptors (Lipinski definition) is 5. The summed E-state index contributed by atoms with van der Waals surface area (Å²) < 4.78 is 53.7. The molecule has 9 heteroatoms. The summed E-state index contributed by atoms with van der Waals surface area (Å²) in [5.41, 5.74) is 1.63. The van der Waals surface area contributed by atoms with Crippen molar-refractivity contribution in [3.05, 3.63) is 90.0 Å². The van der Waals surface area contributed by atoms with Crippen LogP contribution in [0.5, 0.6) is 0 Å². The molecule has 0 radical (unpaired) electrons. The molecule has 2 aromatic carbocycles. The number of benzene rings is 2. The van der Waals surface area contributed by atoms with Crippen LogP contribution < -0.4 is 5.32 Å². The van der Waals surface area contributed by atoms with Crippen LogP contribution >= 0.6 is 0 Å². The van der Waals surface area contributed by atoms with Crippen LogP contribution in [0.15, 0.2) is 72.9 Å². The van der Waals surface area contributed by atoms with Gasteiger partial charge in [0.25, 0.3) is 0 Å². The molecular formula is C28H27F4N5. The maximum absolute atomic E-state index is 13.4. The van der Waals surface area contributed by atoms with Crippen molar-refractivity contribution in [3.63, 3.8) is 0 Å². The summed E-state index contributed by atoms with van der Waals surface area (Å²) in [6, 6.07) is 18.3. The van der Waals surface area contributed by atoms with Gasteiger partial charge in [0.05, 0.1) is 5.52 Å². The van der Waals surface area contributed by atoms with Crippen LogP contribution in [0.3, 0.4) is 0 Å².